The van der Waals surface area contributed by atoms with Gasteiger partial charge in [0.2, 0.25) is 6.79 Å². The molecule has 0 saturated carbocycles. The van der Waals surface area contributed by atoms with Gasteiger partial charge in [-0.05, 0) is 12.1 Å². The molecule has 6 nitrogen and oxygen atoms in total. The van der Waals surface area contributed by atoms with Gasteiger partial charge in [0.05, 0.1) is 5.69 Å². The lowest BCUT2D eigenvalue weighted by atomic mass is 10.2. The molecule has 0 radical (unpaired) electrons. The summed E-state index contributed by atoms with van der Waals surface area (Å²) in [6, 6.07) is 4.16. The number of alkyl halides is 3. The molecule has 0 bridgehead atoms. The normalized spacial score (nSPS) is 13.6. The minimum atomic E-state index is -4.75. The molecule has 9 heteroatoms. The highest BCUT2D eigenvalue weighted by molar-refractivity contribution is 5.74. The molecule has 20 heavy (non-hydrogen) atoms. The number of rotatable bonds is 2. The van der Waals surface area contributed by atoms with E-state index in [0.717, 1.165) is 0 Å². The van der Waals surface area contributed by atoms with Crippen LogP contribution in [0.3, 0.4) is 0 Å². The lowest BCUT2D eigenvalue weighted by Crippen LogP contribution is -2.15. The summed E-state index contributed by atoms with van der Waals surface area (Å²) in [5, 5.41) is 6.59. The zero-order chi connectivity index (χ0) is 14.3. The summed E-state index contributed by atoms with van der Waals surface area (Å²) in [7, 11) is 0. The van der Waals surface area contributed by atoms with Crippen LogP contribution in [-0.2, 0) is 6.18 Å². The van der Waals surface area contributed by atoms with Gasteiger partial charge in [-0.1, -0.05) is 5.21 Å². The van der Waals surface area contributed by atoms with Gasteiger partial charge in [-0.25, -0.2) is 4.68 Å². The molecule has 2 heterocycles. The average Bonchev–Trinajstić information content (AvgIpc) is 3.03. The van der Waals surface area contributed by atoms with Gasteiger partial charge in [0, 0.05) is 6.07 Å². The Kier molecular flexibility index (Phi) is 2.63. The first-order valence-corrected chi connectivity index (χ1v) is 5.39. The van der Waals surface area contributed by atoms with E-state index in [4.69, 9.17) is 9.47 Å². The third kappa shape index (κ3) is 1.87. The van der Waals surface area contributed by atoms with E-state index in [-0.39, 0.29) is 18.8 Å². The topological polar surface area (TPSA) is 66.2 Å². The van der Waals surface area contributed by atoms with E-state index < -0.39 is 17.6 Å². The van der Waals surface area contributed by atoms with Crippen molar-refractivity contribution in [1.82, 2.24) is 15.0 Å². The molecule has 1 aromatic carbocycles. The third-order valence-electron chi connectivity index (χ3n) is 2.68. The Morgan fingerprint density at radius 3 is 2.70 bits per heavy atom. The molecule has 0 N–H and O–H groups in total. The van der Waals surface area contributed by atoms with E-state index in [0.29, 0.717) is 16.2 Å². The Morgan fingerprint density at radius 1 is 1.25 bits per heavy atom. The standard InChI is InChI=1S/C11H6F3N3O3/c12-11(13,14)10-7(4-18)15-16-17(10)6-1-2-8-9(3-6)20-5-19-8/h1-4H,5H2. The Labute approximate surface area is 109 Å². The summed E-state index contributed by atoms with van der Waals surface area (Å²) in [5.41, 5.74) is -1.93. The fraction of sp³-hybridized carbons (Fsp3) is 0.182. The molecule has 0 unspecified atom stereocenters. The lowest BCUT2D eigenvalue weighted by Gasteiger charge is -2.10. The molecular weight excluding hydrogens is 279 g/mol. The first-order chi connectivity index (χ1) is 9.50. The highest BCUT2D eigenvalue weighted by atomic mass is 19.4. The van der Waals surface area contributed by atoms with E-state index in [2.05, 4.69) is 10.3 Å². The van der Waals surface area contributed by atoms with Crippen LogP contribution in [0.2, 0.25) is 0 Å². The summed E-state index contributed by atoms with van der Waals surface area (Å²) in [4.78, 5) is 10.6. The number of hydrogen-bond donors (Lipinski definition) is 0. The lowest BCUT2D eigenvalue weighted by molar-refractivity contribution is -0.143. The Hall–Kier alpha value is -2.58. The minimum absolute atomic E-state index is 0.00184. The van der Waals surface area contributed by atoms with Crippen LogP contribution in [0.25, 0.3) is 5.69 Å². The molecule has 2 aromatic rings. The van der Waals surface area contributed by atoms with Gasteiger partial charge in [0.1, 0.15) is 0 Å². The Balaban J connectivity index is 2.15. The molecule has 1 aliphatic rings. The van der Waals surface area contributed by atoms with Crippen LogP contribution in [-0.4, -0.2) is 28.1 Å². The van der Waals surface area contributed by atoms with Crippen LogP contribution < -0.4 is 9.47 Å². The van der Waals surface area contributed by atoms with E-state index >= 15 is 0 Å². The highest BCUT2D eigenvalue weighted by Crippen LogP contribution is 2.36. The van der Waals surface area contributed by atoms with Crippen LogP contribution in [0, 0.1) is 0 Å². The van der Waals surface area contributed by atoms with Crippen molar-refractivity contribution in [3.8, 4) is 17.2 Å². The van der Waals surface area contributed by atoms with Crippen molar-refractivity contribution in [2.75, 3.05) is 6.79 Å². The van der Waals surface area contributed by atoms with Crippen molar-refractivity contribution >= 4 is 6.29 Å². The zero-order valence-electron chi connectivity index (χ0n) is 9.72. The number of carbonyl (C=O) groups excluding carboxylic acids is 1. The maximum atomic E-state index is 13.0. The fourth-order valence-corrected chi connectivity index (χ4v) is 1.84. The summed E-state index contributed by atoms with van der Waals surface area (Å²) in [6.45, 7) is 0.00184. The van der Waals surface area contributed by atoms with Gasteiger partial charge < -0.3 is 9.47 Å². The SMILES string of the molecule is O=Cc1nnn(-c2ccc3c(c2)OCO3)c1C(F)(F)F. The molecular formula is C11H6F3N3O3. The number of benzene rings is 1. The van der Waals surface area contributed by atoms with Gasteiger partial charge in [0.15, 0.2) is 29.2 Å². The average molecular weight is 285 g/mol. The van der Waals surface area contributed by atoms with Crippen molar-refractivity contribution in [2.45, 2.75) is 6.18 Å². The second-order valence-corrected chi connectivity index (χ2v) is 3.89. The molecule has 1 aliphatic heterocycles. The van der Waals surface area contributed by atoms with Crippen molar-refractivity contribution < 1.29 is 27.4 Å². The number of halogens is 3. The first kappa shape index (κ1) is 12.5. The molecule has 0 spiro atoms. The highest BCUT2D eigenvalue weighted by Gasteiger charge is 2.40. The van der Waals surface area contributed by atoms with Crippen LogP contribution in [0.1, 0.15) is 16.2 Å². The quantitative estimate of drug-likeness (QED) is 0.787. The van der Waals surface area contributed by atoms with E-state index in [1.54, 1.807) is 0 Å². The van der Waals surface area contributed by atoms with E-state index in [1.807, 2.05) is 0 Å². The second kappa shape index (κ2) is 4.22. The largest absolute Gasteiger partial charge is 0.454 e. The number of fused-ring (bicyclic) bond motifs is 1. The van der Waals surface area contributed by atoms with Crippen LogP contribution in [0.5, 0.6) is 11.5 Å². The maximum absolute atomic E-state index is 13.0. The number of hydrogen-bond acceptors (Lipinski definition) is 5. The number of ether oxygens (including phenoxy) is 2. The van der Waals surface area contributed by atoms with Crippen LogP contribution in [0.4, 0.5) is 13.2 Å². The second-order valence-electron chi connectivity index (χ2n) is 3.89. The van der Waals surface area contributed by atoms with Gasteiger partial charge in [-0.15, -0.1) is 5.10 Å². The van der Waals surface area contributed by atoms with Gasteiger partial charge in [-0.2, -0.15) is 13.2 Å². The first-order valence-electron chi connectivity index (χ1n) is 5.39. The molecule has 0 aliphatic carbocycles. The van der Waals surface area contributed by atoms with Crippen LogP contribution >= 0.6 is 0 Å². The molecule has 104 valence electrons. The summed E-state index contributed by atoms with van der Waals surface area (Å²) in [6.07, 6.45) is -4.74. The summed E-state index contributed by atoms with van der Waals surface area (Å²) in [5.74, 6) is 0.733. The Morgan fingerprint density at radius 2 is 2.00 bits per heavy atom. The molecule has 0 fully saturated rings. The smallest absolute Gasteiger partial charge is 0.435 e. The fourth-order valence-electron chi connectivity index (χ4n) is 1.84. The van der Waals surface area contributed by atoms with Crippen molar-refractivity contribution in [2.24, 2.45) is 0 Å². The number of carbonyl (C=O) groups is 1. The molecule has 0 amide bonds. The predicted molar refractivity (Wildman–Crippen MR) is 57.9 cm³/mol. The molecule has 0 atom stereocenters. The molecule has 1 aromatic heterocycles. The number of aromatic nitrogens is 3. The minimum Gasteiger partial charge on any atom is -0.454 e. The maximum Gasteiger partial charge on any atom is 0.435 e. The number of nitrogens with zero attached hydrogens (tertiary/aromatic N) is 3. The summed E-state index contributed by atoms with van der Waals surface area (Å²) < 4.78 is 49.6. The van der Waals surface area contributed by atoms with E-state index in [9.17, 15) is 18.0 Å². The van der Waals surface area contributed by atoms with Crippen molar-refractivity contribution in [3.05, 3.63) is 29.6 Å². The van der Waals surface area contributed by atoms with Gasteiger partial charge >= 0.3 is 6.18 Å². The third-order valence-corrected chi connectivity index (χ3v) is 2.68. The number of aldehydes is 1. The van der Waals surface area contributed by atoms with Crippen molar-refractivity contribution in [1.29, 1.82) is 0 Å². The van der Waals surface area contributed by atoms with Crippen LogP contribution in [0.15, 0.2) is 18.2 Å². The zero-order valence-corrected chi connectivity index (χ0v) is 9.72. The Bertz CT molecular complexity index is 681. The predicted octanol–water partition coefficient (Wildman–Crippen LogP) is 1.83. The van der Waals surface area contributed by atoms with E-state index in [1.165, 1.54) is 18.2 Å². The van der Waals surface area contributed by atoms with Gasteiger partial charge in [-0.3, -0.25) is 4.79 Å². The van der Waals surface area contributed by atoms with Crippen molar-refractivity contribution in [3.63, 3.8) is 0 Å². The van der Waals surface area contributed by atoms with Gasteiger partial charge in [0.25, 0.3) is 0 Å². The molecule has 3 rings (SSSR count). The molecule has 0 saturated heterocycles. The summed E-state index contributed by atoms with van der Waals surface area (Å²) >= 11 is 0. The monoisotopic (exact) mass is 285 g/mol.